The molecule has 3 aromatic rings. The van der Waals surface area contributed by atoms with Crippen LogP contribution in [0.3, 0.4) is 0 Å². The van der Waals surface area contributed by atoms with Gasteiger partial charge in [-0.2, -0.15) is 20.4 Å². The molecule has 0 radical (unpaired) electrons. The molecule has 0 aliphatic carbocycles. The van der Waals surface area contributed by atoms with Crippen molar-refractivity contribution in [2.24, 2.45) is 0 Å². The van der Waals surface area contributed by atoms with E-state index in [1.54, 1.807) is 6.20 Å². The molecule has 0 atom stereocenters. The topological polar surface area (TPSA) is 67.7 Å². The van der Waals surface area contributed by atoms with Gasteiger partial charge in [-0.1, -0.05) is 0 Å². The molecule has 3 aromatic heterocycles. The van der Waals surface area contributed by atoms with E-state index in [4.69, 9.17) is 0 Å². The molecule has 122 valence electrons. The molecule has 4 rings (SSSR count). The van der Waals surface area contributed by atoms with Gasteiger partial charge in [0.1, 0.15) is 0 Å². The summed E-state index contributed by atoms with van der Waals surface area (Å²) in [4.78, 5) is 6.94. The van der Waals surface area contributed by atoms with Crippen molar-refractivity contribution in [3.8, 4) is 0 Å². The summed E-state index contributed by atoms with van der Waals surface area (Å²) in [5.74, 6) is 0.351. The Labute approximate surface area is 141 Å². The van der Waals surface area contributed by atoms with Gasteiger partial charge in [-0.3, -0.25) is 4.98 Å². The Hall–Kier alpha value is -2.63. The van der Waals surface area contributed by atoms with Gasteiger partial charge < -0.3 is 4.90 Å². The smallest absolute Gasteiger partial charge is 0.0959 e. The fourth-order valence-electron chi connectivity index (χ4n) is 3.40. The molecule has 0 aromatic carbocycles. The summed E-state index contributed by atoms with van der Waals surface area (Å²) in [7, 11) is 0. The standard InChI is InChI=1S/C18H20N6/c1-10-5-14-7-20-23-17(16(14)19-6-10)15-8-24(9-15)18-11(2)12(3)21-22-13(18)4/h5-7,15H,8-9H2,1-4H3. The van der Waals surface area contributed by atoms with Gasteiger partial charge in [-0.15, -0.1) is 0 Å². The van der Waals surface area contributed by atoms with E-state index in [0.29, 0.717) is 5.92 Å². The van der Waals surface area contributed by atoms with Crippen LogP contribution in [-0.4, -0.2) is 38.5 Å². The highest BCUT2D eigenvalue weighted by atomic mass is 15.2. The number of nitrogens with zero attached hydrogens (tertiary/aromatic N) is 6. The van der Waals surface area contributed by atoms with Gasteiger partial charge in [0.05, 0.1) is 34.5 Å². The summed E-state index contributed by atoms with van der Waals surface area (Å²) >= 11 is 0. The van der Waals surface area contributed by atoms with Crippen molar-refractivity contribution >= 4 is 16.6 Å². The largest absolute Gasteiger partial charge is 0.368 e. The van der Waals surface area contributed by atoms with Gasteiger partial charge in [0.15, 0.2) is 0 Å². The molecule has 1 aliphatic heterocycles. The number of pyridine rings is 1. The van der Waals surface area contributed by atoms with E-state index in [9.17, 15) is 0 Å². The van der Waals surface area contributed by atoms with Crippen LogP contribution in [0.4, 0.5) is 5.69 Å². The number of hydrogen-bond donors (Lipinski definition) is 0. The molecular weight excluding hydrogens is 300 g/mol. The Kier molecular flexibility index (Phi) is 3.40. The first-order valence-electron chi connectivity index (χ1n) is 8.18. The zero-order valence-electron chi connectivity index (χ0n) is 14.4. The monoisotopic (exact) mass is 320 g/mol. The Morgan fingerprint density at radius 2 is 1.71 bits per heavy atom. The first-order chi connectivity index (χ1) is 11.5. The number of aryl methyl sites for hydroxylation is 3. The summed E-state index contributed by atoms with van der Waals surface area (Å²) in [5, 5.41) is 18.1. The Balaban J connectivity index is 1.64. The van der Waals surface area contributed by atoms with Crippen molar-refractivity contribution in [3.63, 3.8) is 0 Å². The van der Waals surface area contributed by atoms with E-state index in [2.05, 4.69) is 43.3 Å². The number of rotatable bonds is 2. The molecule has 0 N–H and O–H groups in total. The summed E-state index contributed by atoms with van der Waals surface area (Å²) < 4.78 is 0. The summed E-state index contributed by atoms with van der Waals surface area (Å²) in [6, 6.07) is 2.11. The second-order valence-electron chi connectivity index (χ2n) is 6.63. The van der Waals surface area contributed by atoms with E-state index < -0.39 is 0 Å². The van der Waals surface area contributed by atoms with Crippen LogP contribution in [0.15, 0.2) is 18.5 Å². The van der Waals surface area contributed by atoms with Crippen LogP contribution in [0, 0.1) is 27.7 Å². The molecule has 0 bridgehead atoms. The van der Waals surface area contributed by atoms with E-state index in [0.717, 1.165) is 46.6 Å². The van der Waals surface area contributed by atoms with Gasteiger partial charge in [0.2, 0.25) is 0 Å². The Morgan fingerprint density at radius 1 is 0.958 bits per heavy atom. The van der Waals surface area contributed by atoms with Gasteiger partial charge >= 0.3 is 0 Å². The number of aromatic nitrogens is 5. The third-order valence-electron chi connectivity index (χ3n) is 4.83. The van der Waals surface area contributed by atoms with Crippen LogP contribution in [0.2, 0.25) is 0 Å². The van der Waals surface area contributed by atoms with Crippen LogP contribution < -0.4 is 4.90 Å². The number of anilines is 1. The molecular formula is C18H20N6. The molecule has 0 saturated carbocycles. The fourth-order valence-corrected chi connectivity index (χ4v) is 3.40. The highest BCUT2D eigenvalue weighted by molar-refractivity contribution is 5.81. The minimum absolute atomic E-state index is 0.351. The Bertz CT molecular complexity index is 930. The van der Waals surface area contributed by atoms with Crippen LogP contribution in [0.1, 0.15) is 34.1 Å². The van der Waals surface area contributed by atoms with Crippen molar-refractivity contribution in [1.29, 1.82) is 0 Å². The SMILES string of the molecule is Cc1cnc2c(C3CN(c4c(C)nnc(C)c4C)C3)nncc2c1. The van der Waals surface area contributed by atoms with Crippen LogP contribution in [-0.2, 0) is 0 Å². The summed E-state index contributed by atoms with van der Waals surface area (Å²) in [6.07, 6.45) is 3.69. The minimum Gasteiger partial charge on any atom is -0.368 e. The van der Waals surface area contributed by atoms with E-state index >= 15 is 0 Å². The normalized spacial score (nSPS) is 14.9. The van der Waals surface area contributed by atoms with E-state index in [1.807, 2.05) is 27.0 Å². The lowest BCUT2D eigenvalue weighted by atomic mass is 9.92. The first-order valence-corrected chi connectivity index (χ1v) is 8.18. The molecule has 4 heterocycles. The van der Waals surface area contributed by atoms with Crippen LogP contribution in [0.5, 0.6) is 0 Å². The van der Waals surface area contributed by atoms with Gasteiger partial charge in [-0.05, 0) is 44.9 Å². The maximum absolute atomic E-state index is 4.59. The van der Waals surface area contributed by atoms with Crippen molar-refractivity contribution < 1.29 is 0 Å². The lowest BCUT2D eigenvalue weighted by molar-refractivity contribution is 0.508. The zero-order valence-corrected chi connectivity index (χ0v) is 14.4. The van der Waals surface area contributed by atoms with Crippen LogP contribution >= 0.6 is 0 Å². The van der Waals surface area contributed by atoms with Crippen molar-refractivity contribution in [3.05, 3.63) is 46.7 Å². The average molecular weight is 320 g/mol. The molecule has 0 unspecified atom stereocenters. The van der Waals surface area contributed by atoms with Crippen molar-refractivity contribution in [1.82, 2.24) is 25.4 Å². The lowest BCUT2D eigenvalue weighted by Crippen LogP contribution is -2.46. The van der Waals surface area contributed by atoms with Crippen molar-refractivity contribution in [2.45, 2.75) is 33.6 Å². The van der Waals surface area contributed by atoms with Gasteiger partial charge in [-0.25, -0.2) is 0 Å². The van der Waals surface area contributed by atoms with E-state index in [-0.39, 0.29) is 0 Å². The molecule has 0 spiro atoms. The number of fused-ring (bicyclic) bond motifs is 1. The maximum Gasteiger partial charge on any atom is 0.0959 e. The zero-order chi connectivity index (χ0) is 16.8. The third-order valence-corrected chi connectivity index (χ3v) is 4.83. The molecule has 1 saturated heterocycles. The predicted molar refractivity (Wildman–Crippen MR) is 93.3 cm³/mol. The molecule has 6 heteroatoms. The second kappa shape index (κ2) is 5.47. The molecule has 1 aliphatic rings. The molecule has 6 nitrogen and oxygen atoms in total. The summed E-state index contributed by atoms with van der Waals surface area (Å²) in [6.45, 7) is 10.0. The highest BCUT2D eigenvalue weighted by Gasteiger charge is 2.33. The number of hydrogen-bond acceptors (Lipinski definition) is 6. The Morgan fingerprint density at radius 3 is 2.50 bits per heavy atom. The van der Waals surface area contributed by atoms with Gasteiger partial charge in [0, 0.05) is 30.6 Å². The highest BCUT2D eigenvalue weighted by Crippen LogP contribution is 2.36. The lowest BCUT2D eigenvalue weighted by Gasteiger charge is -2.41. The first kappa shape index (κ1) is 14.9. The quantitative estimate of drug-likeness (QED) is 0.723. The van der Waals surface area contributed by atoms with Crippen LogP contribution in [0.25, 0.3) is 10.9 Å². The van der Waals surface area contributed by atoms with E-state index in [1.165, 1.54) is 11.3 Å². The molecule has 0 amide bonds. The van der Waals surface area contributed by atoms with Gasteiger partial charge in [0.25, 0.3) is 0 Å². The third kappa shape index (κ3) is 2.29. The fraction of sp³-hybridized carbons (Fsp3) is 0.389. The molecule has 24 heavy (non-hydrogen) atoms. The van der Waals surface area contributed by atoms with Crippen molar-refractivity contribution in [2.75, 3.05) is 18.0 Å². The summed E-state index contributed by atoms with van der Waals surface area (Å²) in [5.41, 5.74) is 7.49. The second-order valence-corrected chi connectivity index (χ2v) is 6.63. The molecule has 1 fully saturated rings. The predicted octanol–water partition coefficient (Wildman–Crippen LogP) is 2.65. The maximum atomic E-state index is 4.59. The minimum atomic E-state index is 0.351. The average Bonchev–Trinajstić information content (AvgIpc) is 2.52.